The molecule has 1 amide bonds. The minimum atomic E-state index is 0.262. The molecular formula is C17H24N2O. The molecule has 3 unspecified atom stereocenters. The Balaban J connectivity index is 1.79. The molecule has 2 saturated carbocycles. The van der Waals surface area contributed by atoms with E-state index in [1.165, 1.54) is 19.3 Å². The number of benzene rings is 1. The molecule has 108 valence electrons. The lowest BCUT2D eigenvalue weighted by atomic mass is 9.87. The summed E-state index contributed by atoms with van der Waals surface area (Å²) in [5.41, 5.74) is 7.49. The molecule has 0 radical (unpaired) electrons. The zero-order valence-electron chi connectivity index (χ0n) is 12.2. The number of hydrogen-bond acceptors (Lipinski definition) is 2. The third-order valence-corrected chi connectivity index (χ3v) is 4.97. The number of rotatable bonds is 4. The fourth-order valence-corrected chi connectivity index (χ4v) is 3.99. The van der Waals surface area contributed by atoms with Gasteiger partial charge in [-0.05, 0) is 61.8 Å². The Hall–Kier alpha value is -1.51. The van der Waals surface area contributed by atoms with Crippen LogP contribution < -0.4 is 10.6 Å². The van der Waals surface area contributed by atoms with Gasteiger partial charge in [-0.2, -0.15) is 0 Å². The van der Waals surface area contributed by atoms with Crippen molar-refractivity contribution in [3.63, 3.8) is 0 Å². The van der Waals surface area contributed by atoms with Crippen molar-refractivity contribution in [3.05, 3.63) is 24.3 Å². The Kier molecular flexibility index (Phi) is 3.68. The lowest BCUT2D eigenvalue weighted by Crippen LogP contribution is -2.38. The van der Waals surface area contributed by atoms with Crippen molar-refractivity contribution in [2.45, 2.75) is 39.0 Å². The van der Waals surface area contributed by atoms with E-state index >= 15 is 0 Å². The van der Waals surface area contributed by atoms with Gasteiger partial charge in [0, 0.05) is 23.8 Å². The van der Waals surface area contributed by atoms with E-state index in [1.54, 1.807) is 0 Å². The van der Waals surface area contributed by atoms with Crippen molar-refractivity contribution in [3.8, 4) is 0 Å². The van der Waals surface area contributed by atoms with E-state index in [0.717, 1.165) is 36.7 Å². The average Bonchev–Trinajstić information content (AvgIpc) is 3.08. The lowest BCUT2D eigenvalue weighted by Gasteiger charge is -2.29. The lowest BCUT2D eigenvalue weighted by molar-refractivity contribution is -0.123. The van der Waals surface area contributed by atoms with Crippen LogP contribution in [0, 0.1) is 17.8 Å². The highest BCUT2D eigenvalue weighted by molar-refractivity contribution is 5.95. The second kappa shape index (κ2) is 5.47. The summed E-state index contributed by atoms with van der Waals surface area (Å²) in [4.78, 5) is 14.9. The molecule has 2 bridgehead atoms. The molecule has 2 aliphatic rings. The summed E-state index contributed by atoms with van der Waals surface area (Å²) < 4.78 is 0. The summed E-state index contributed by atoms with van der Waals surface area (Å²) in [7, 11) is 0. The number of anilines is 2. The minimum Gasteiger partial charge on any atom is -0.399 e. The van der Waals surface area contributed by atoms with Crippen molar-refractivity contribution in [2.75, 3.05) is 17.2 Å². The van der Waals surface area contributed by atoms with Crippen LogP contribution in [0.2, 0.25) is 0 Å². The first-order chi connectivity index (χ1) is 9.69. The zero-order valence-corrected chi connectivity index (χ0v) is 12.2. The summed E-state index contributed by atoms with van der Waals surface area (Å²) >= 11 is 0. The Labute approximate surface area is 121 Å². The number of fused-ring (bicyclic) bond motifs is 2. The molecule has 20 heavy (non-hydrogen) atoms. The number of amides is 1. The number of carbonyl (C=O) groups excluding carboxylic acids is 1. The molecule has 1 aromatic carbocycles. The van der Waals surface area contributed by atoms with Crippen LogP contribution in [0.25, 0.3) is 0 Å². The van der Waals surface area contributed by atoms with Gasteiger partial charge in [0.1, 0.15) is 0 Å². The fraction of sp³-hybridized carbons (Fsp3) is 0.588. The molecule has 0 spiro atoms. The van der Waals surface area contributed by atoms with Gasteiger partial charge in [0.25, 0.3) is 0 Å². The van der Waals surface area contributed by atoms with Gasteiger partial charge in [0.15, 0.2) is 0 Å². The van der Waals surface area contributed by atoms with Gasteiger partial charge in [0.05, 0.1) is 0 Å². The topological polar surface area (TPSA) is 46.3 Å². The average molecular weight is 272 g/mol. The largest absolute Gasteiger partial charge is 0.399 e. The van der Waals surface area contributed by atoms with Crippen LogP contribution >= 0.6 is 0 Å². The molecule has 3 rings (SSSR count). The Morgan fingerprint density at radius 2 is 2.00 bits per heavy atom. The molecule has 0 aromatic heterocycles. The summed E-state index contributed by atoms with van der Waals surface area (Å²) in [6.07, 6.45) is 5.96. The summed E-state index contributed by atoms with van der Waals surface area (Å²) in [6.45, 7) is 2.93. The maximum Gasteiger partial charge on any atom is 0.230 e. The number of nitrogen functional groups attached to an aromatic ring is 1. The van der Waals surface area contributed by atoms with E-state index < -0.39 is 0 Å². The second-order valence-corrected chi connectivity index (χ2v) is 6.36. The van der Waals surface area contributed by atoms with Crippen molar-refractivity contribution in [1.82, 2.24) is 0 Å². The fourth-order valence-electron chi connectivity index (χ4n) is 3.99. The maximum atomic E-state index is 12.9. The first-order valence-electron chi connectivity index (χ1n) is 7.86. The first-order valence-corrected chi connectivity index (χ1v) is 7.86. The van der Waals surface area contributed by atoms with E-state index in [1.807, 2.05) is 29.2 Å². The van der Waals surface area contributed by atoms with Crippen molar-refractivity contribution >= 4 is 17.3 Å². The number of nitrogens with zero attached hydrogens (tertiary/aromatic N) is 1. The highest BCUT2D eigenvalue weighted by Gasteiger charge is 2.44. The van der Waals surface area contributed by atoms with E-state index in [0.29, 0.717) is 11.8 Å². The van der Waals surface area contributed by atoms with E-state index in [2.05, 4.69) is 6.92 Å². The second-order valence-electron chi connectivity index (χ2n) is 6.36. The van der Waals surface area contributed by atoms with Gasteiger partial charge in [0.2, 0.25) is 5.91 Å². The highest BCUT2D eigenvalue weighted by atomic mass is 16.2. The Bertz CT molecular complexity index is 482. The van der Waals surface area contributed by atoms with Crippen molar-refractivity contribution < 1.29 is 4.79 Å². The molecule has 2 N–H and O–H groups in total. The van der Waals surface area contributed by atoms with E-state index in [4.69, 9.17) is 5.73 Å². The van der Waals surface area contributed by atoms with Crippen LogP contribution in [0.1, 0.15) is 39.0 Å². The van der Waals surface area contributed by atoms with E-state index in [9.17, 15) is 4.79 Å². The molecule has 0 saturated heterocycles. The normalized spacial score (nSPS) is 27.8. The van der Waals surface area contributed by atoms with Gasteiger partial charge in [-0.1, -0.05) is 13.3 Å². The van der Waals surface area contributed by atoms with Gasteiger partial charge < -0.3 is 10.6 Å². The number of carbonyl (C=O) groups is 1. The van der Waals surface area contributed by atoms with Gasteiger partial charge in [-0.15, -0.1) is 0 Å². The molecular weight excluding hydrogens is 248 g/mol. The maximum absolute atomic E-state index is 12.9. The van der Waals surface area contributed by atoms with Crippen LogP contribution in [0.4, 0.5) is 11.4 Å². The van der Waals surface area contributed by atoms with Crippen LogP contribution in [0.15, 0.2) is 24.3 Å². The predicted octanol–water partition coefficient (Wildman–Crippen LogP) is 3.45. The molecule has 0 aliphatic heterocycles. The van der Waals surface area contributed by atoms with Gasteiger partial charge in [-0.3, -0.25) is 4.79 Å². The molecule has 0 heterocycles. The third kappa shape index (κ3) is 2.41. The Morgan fingerprint density at radius 3 is 2.55 bits per heavy atom. The number of hydrogen-bond donors (Lipinski definition) is 1. The highest BCUT2D eigenvalue weighted by Crippen LogP contribution is 2.49. The van der Waals surface area contributed by atoms with Crippen LogP contribution in [0.3, 0.4) is 0 Å². The van der Waals surface area contributed by atoms with Crippen molar-refractivity contribution in [1.29, 1.82) is 0 Å². The van der Waals surface area contributed by atoms with E-state index in [-0.39, 0.29) is 5.92 Å². The van der Waals surface area contributed by atoms with Crippen LogP contribution in [0.5, 0.6) is 0 Å². The summed E-state index contributed by atoms with van der Waals surface area (Å²) in [5.74, 6) is 2.05. The smallest absolute Gasteiger partial charge is 0.230 e. The molecule has 2 aliphatic carbocycles. The molecule has 2 fully saturated rings. The van der Waals surface area contributed by atoms with Gasteiger partial charge in [-0.25, -0.2) is 0 Å². The molecule has 1 aromatic rings. The minimum absolute atomic E-state index is 0.262. The summed E-state index contributed by atoms with van der Waals surface area (Å²) in [6, 6.07) is 7.70. The third-order valence-electron chi connectivity index (χ3n) is 4.97. The molecule has 3 nitrogen and oxygen atoms in total. The van der Waals surface area contributed by atoms with Crippen LogP contribution in [-0.4, -0.2) is 12.5 Å². The summed E-state index contributed by atoms with van der Waals surface area (Å²) in [5, 5.41) is 0. The zero-order chi connectivity index (χ0) is 14.1. The first kappa shape index (κ1) is 13.5. The SMILES string of the molecule is CCCN(C(=O)C1CC2CCC1C2)c1ccc(N)cc1. The quantitative estimate of drug-likeness (QED) is 0.853. The van der Waals surface area contributed by atoms with Crippen LogP contribution in [-0.2, 0) is 4.79 Å². The molecule has 3 heteroatoms. The Morgan fingerprint density at radius 1 is 1.25 bits per heavy atom. The predicted molar refractivity (Wildman–Crippen MR) is 82.4 cm³/mol. The van der Waals surface area contributed by atoms with Crippen molar-refractivity contribution in [2.24, 2.45) is 17.8 Å². The number of nitrogens with two attached hydrogens (primary N) is 1. The monoisotopic (exact) mass is 272 g/mol. The molecule has 3 atom stereocenters. The standard InChI is InChI=1S/C17H24N2O/c1-2-9-19(15-7-5-14(18)6-8-15)17(20)16-11-12-3-4-13(16)10-12/h5-8,12-13,16H,2-4,9-11,18H2,1H3. The van der Waals surface area contributed by atoms with Gasteiger partial charge >= 0.3 is 0 Å².